The molecule has 1 rings (SSSR count). The number of carbonyl (C=O) groups is 1. The summed E-state index contributed by atoms with van der Waals surface area (Å²) in [5.41, 5.74) is 6.19. The lowest BCUT2D eigenvalue weighted by atomic mass is 10.2. The zero-order chi connectivity index (χ0) is 10.7. The number of nitrogen functional groups attached to an aromatic ring is 1. The molecule has 0 spiro atoms. The number of alkyl halides is 1. The SMILES string of the molecule is CC(Cl)Cc1ccc(C(=O)O)c(N)n1. The number of halogens is 1. The normalized spacial score (nSPS) is 12.4. The van der Waals surface area contributed by atoms with E-state index in [9.17, 15) is 4.79 Å². The number of hydrogen-bond acceptors (Lipinski definition) is 3. The molecular weight excluding hydrogens is 204 g/mol. The van der Waals surface area contributed by atoms with Gasteiger partial charge in [0, 0.05) is 17.5 Å². The van der Waals surface area contributed by atoms with Gasteiger partial charge in [0.1, 0.15) is 11.4 Å². The largest absolute Gasteiger partial charge is 0.478 e. The molecule has 4 nitrogen and oxygen atoms in total. The van der Waals surface area contributed by atoms with Crippen molar-refractivity contribution >= 4 is 23.4 Å². The van der Waals surface area contributed by atoms with Crippen LogP contribution in [-0.2, 0) is 6.42 Å². The summed E-state index contributed by atoms with van der Waals surface area (Å²) < 4.78 is 0. The second-order valence-electron chi connectivity index (χ2n) is 3.03. The molecule has 5 heteroatoms. The fraction of sp³-hybridized carbons (Fsp3) is 0.333. The fourth-order valence-corrected chi connectivity index (χ4v) is 1.26. The van der Waals surface area contributed by atoms with Crippen molar-refractivity contribution in [3.8, 4) is 0 Å². The van der Waals surface area contributed by atoms with Crippen molar-refractivity contribution in [1.82, 2.24) is 4.98 Å². The van der Waals surface area contributed by atoms with E-state index >= 15 is 0 Å². The van der Waals surface area contributed by atoms with Crippen LogP contribution >= 0.6 is 11.6 Å². The number of hydrogen-bond donors (Lipinski definition) is 2. The Labute approximate surface area is 86.7 Å². The molecule has 1 aromatic heterocycles. The average molecular weight is 215 g/mol. The van der Waals surface area contributed by atoms with E-state index in [1.165, 1.54) is 6.07 Å². The van der Waals surface area contributed by atoms with Crippen LogP contribution in [0.4, 0.5) is 5.82 Å². The summed E-state index contributed by atoms with van der Waals surface area (Å²) in [6.07, 6.45) is 0.575. The molecule has 0 aliphatic rings. The van der Waals surface area contributed by atoms with Gasteiger partial charge in [0.2, 0.25) is 0 Å². The van der Waals surface area contributed by atoms with Gasteiger partial charge in [0.15, 0.2) is 0 Å². The number of nitrogens with two attached hydrogens (primary N) is 1. The van der Waals surface area contributed by atoms with Crippen molar-refractivity contribution < 1.29 is 9.90 Å². The zero-order valence-electron chi connectivity index (χ0n) is 7.70. The third kappa shape index (κ3) is 2.60. The Hall–Kier alpha value is -1.29. The van der Waals surface area contributed by atoms with Crippen molar-refractivity contribution in [2.45, 2.75) is 18.7 Å². The van der Waals surface area contributed by atoms with Gasteiger partial charge in [0.25, 0.3) is 0 Å². The van der Waals surface area contributed by atoms with Crippen LogP contribution in [0.15, 0.2) is 12.1 Å². The highest BCUT2D eigenvalue weighted by Gasteiger charge is 2.10. The molecule has 0 radical (unpaired) electrons. The monoisotopic (exact) mass is 214 g/mol. The van der Waals surface area contributed by atoms with Gasteiger partial charge in [-0.05, 0) is 19.1 Å². The van der Waals surface area contributed by atoms with E-state index in [1.807, 2.05) is 6.92 Å². The number of nitrogens with zero attached hydrogens (tertiary/aromatic N) is 1. The number of anilines is 1. The van der Waals surface area contributed by atoms with Crippen LogP contribution in [0, 0.1) is 0 Å². The number of carboxylic acid groups (broad SMARTS) is 1. The number of pyridine rings is 1. The minimum atomic E-state index is -1.07. The minimum absolute atomic E-state index is 0.0241. The van der Waals surface area contributed by atoms with E-state index in [-0.39, 0.29) is 16.8 Å². The fourth-order valence-electron chi connectivity index (χ4n) is 1.10. The predicted octanol–water partition coefficient (Wildman–Crippen LogP) is 1.53. The van der Waals surface area contributed by atoms with E-state index in [2.05, 4.69) is 4.98 Å². The Morgan fingerprint density at radius 1 is 1.71 bits per heavy atom. The van der Waals surface area contributed by atoms with Crippen LogP contribution < -0.4 is 5.73 Å². The number of aromatic nitrogens is 1. The molecule has 76 valence electrons. The molecule has 1 aromatic rings. The molecule has 0 bridgehead atoms. The van der Waals surface area contributed by atoms with Gasteiger partial charge in [-0.15, -0.1) is 11.6 Å². The standard InChI is InChI=1S/C9H11ClN2O2/c1-5(10)4-6-2-3-7(9(13)14)8(11)12-6/h2-3,5H,4H2,1H3,(H2,11,12)(H,13,14). The third-order valence-corrected chi connectivity index (χ3v) is 1.86. The lowest BCUT2D eigenvalue weighted by Crippen LogP contribution is -2.08. The van der Waals surface area contributed by atoms with E-state index in [0.29, 0.717) is 12.1 Å². The van der Waals surface area contributed by atoms with Crippen molar-refractivity contribution in [3.05, 3.63) is 23.4 Å². The summed E-state index contributed by atoms with van der Waals surface area (Å²) in [6.45, 7) is 1.84. The maximum Gasteiger partial charge on any atom is 0.339 e. The molecule has 1 heterocycles. The molecule has 14 heavy (non-hydrogen) atoms. The van der Waals surface area contributed by atoms with Crippen molar-refractivity contribution in [2.24, 2.45) is 0 Å². The van der Waals surface area contributed by atoms with Gasteiger partial charge in [-0.2, -0.15) is 0 Å². The Morgan fingerprint density at radius 2 is 2.36 bits per heavy atom. The van der Waals surface area contributed by atoms with Gasteiger partial charge in [0.05, 0.1) is 0 Å². The van der Waals surface area contributed by atoms with E-state index < -0.39 is 5.97 Å². The lowest BCUT2D eigenvalue weighted by molar-refractivity contribution is 0.0697. The second-order valence-corrected chi connectivity index (χ2v) is 3.77. The summed E-state index contributed by atoms with van der Waals surface area (Å²) >= 11 is 5.77. The smallest absolute Gasteiger partial charge is 0.339 e. The molecule has 0 saturated heterocycles. The van der Waals surface area contributed by atoms with Crippen LogP contribution in [0.1, 0.15) is 23.0 Å². The Morgan fingerprint density at radius 3 is 2.79 bits per heavy atom. The Kier molecular flexibility index (Phi) is 3.30. The second kappa shape index (κ2) is 4.28. The number of carboxylic acids is 1. The molecule has 1 unspecified atom stereocenters. The van der Waals surface area contributed by atoms with Crippen molar-refractivity contribution in [2.75, 3.05) is 5.73 Å². The van der Waals surface area contributed by atoms with E-state index in [0.717, 1.165) is 0 Å². The number of rotatable bonds is 3. The van der Waals surface area contributed by atoms with Crippen molar-refractivity contribution in [1.29, 1.82) is 0 Å². The van der Waals surface area contributed by atoms with Gasteiger partial charge in [-0.3, -0.25) is 0 Å². The maximum absolute atomic E-state index is 10.6. The molecule has 3 N–H and O–H groups in total. The van der Waals surface area contributed by atoms with Crippen molar-refractivity contribution in [3.63, 3.8) is 0 Å². The highest BCUT2D eigenvalue weighted by molar-refractivity contribution is 6.20. The molecule has 0 aromatic carbocycles. The molecule has 0 fully saturated rings. The Balaban J connectivity index is 2.94. The molecule has 0 amide bonds. The highest BCUT2D eigenvalue weighted by Crippen LogP contribution is 2.12. The van der Waals surface area contributed by atoms with Crippen LogP contribution in [0.25, 0.3) is 0 Å². The first-order chi connectivity index (χ1) is 6.50. The van der Waals surface area contributed by atoms with Crippen LogP contribution in [-0.4, -0.2) is 21.4 Å². The quantitative estimate of drug-likeness (QED) is 0.749. The van der Waals surface area contributed by atoms with Crippen LogP contribution in [0.2, 0.25) is 0 Å². The average Bonchev–Trinajstić information content (AvgIpc) is 2.01. The molecule has 0 aliphatic heterocycles. The summed E-state index contributed by atoms with van der Waals surface area (Å²) in [7, 11) is 0. The summed E-state index contributed by atoms with van der Waals surface area (Å²) in [4.78, 5) is 14.6. The summed E-state index contributed by atoms with van der Waals surface area (Å²) in [5, 5.41) is 8.65. The first-order valence-corrected chi connectivity index (χ1v) is 4.57. The predicted molar refractivity (Wildman–Crippen MR) is 54.6 cm³/mol. The van der Waals surface area contributed by atoms with Crippen LogP contribution in [0.3, 0.4) is 0 Å². The van der Waals surface area contributed by atoms with Gasteiger partial charge in [-0.1, -0.05) is 0 Å². The van der Waals surface area contributed by atoms with Gasteiger partial charge in [-0.25, -0.2) is 9.78 Å². The lowest BCUT2D eigenvalue weighted by Gasteiger charge is -2.05. The van der Waals surface area contributed by atoms with Crippen LogP contribution in [0.5, 0.6) is 0 Å². The molecule has 1 atom stereocenters. The number of aromatic carboxylic acids is 1. The minimum Gasteiger partial charge on any atom is -0.478 e. The zero-order valence-corrected chi connectivity index (χ0v) is 8.45. The summed E-state index contributed by atoms with van der Waals surface area (Å²) in [6, 6.07) is 3.07. The highest BCUT2D eigenvalue weighted by atomic mass is 35.5. The molecule has 0 saturated carbocycles. The van der Waals surface area contributed by atoms with Gasteiger partial charge < -0.3 is 10.8 Å². The topological polar surface area (TPSA) is 76.2 Å². The summed E-state index contributed by atoms with van der Waals surface area (Å²) in [5.74, 6) is -1.03. The first kappa shape index (κ1) is 10.8. The first-order valence-electron chi connectivity index (χ1n) is 4.13. The molecular formula is C9H11ClN2O2. The Bertz CT molecular complexity index is 353. The third-order valence-electron chi connectivity index (χ3n) is 1.70. The maximum atomic E-state index is 10.6. The van der Waals surface area contributed by atoms with Gasteiger partial charge >= 0.3 is 5.97 Å². The van der Waals surface area contributed by atoms with E-state index in [4.69, 9.17) is 22.4 Å². The van der Waals surface area contributed by atoms with E-state index in [1.54, 1.807) is 6.07 Å². The molecule has 0 aliphatic carbocycles.